The number of carbonyl (C=O) groups excluding carboxylic acids is 1. The minimum atomic E-state index is -0.143. The number of nitrogens with two attached hydrogens (primary N) is 1. The number of nitrogens with one attached hydrogen (secondary N) is 1. The summed E-state index contributed by atoms with van der Waals surface area (Å²) >= 11 is 0. The molecule has 0 aromatic heterocycles. The van der Waals surface area contributed by atoms with E-state index < -0.39 is 0 Å². The number of fused-ring (bicyclic) bond motifs is 1. The van der Waals surface area contributed by atoms with E-state index in [4.69, 9.17) is 15.2 Å². The van der Waals surface area contributed by atoms with Gasteiger partial charge < -0.3 is 20.5 Å². The van der Waals surface area contributed by atoms with Crippen molar-refractivity contribution in [1.29, 1.82) is 0 Å². The third-order valence-corrected chi connectivity index (χ3v) is 4.06. The number of amides is 1. The van der Waals surface area contributed by atoms with Crippen LogP contribution >= 0.6 is 0 Å². The Balaban J connectivity index is 2.35. The van der Waals surface area contributed by atoms with E-state index in [1.165, 1.54) is 6.92 Å². The van der Waals surface area contributed by atoms with Crippen molar-refractivity contribution >= 4 is 28.1 Å². The van der Waals surface area contributed by atoms with E-state index in [1.54, 1.807) is 20.3 Å². The van der Waals surface area contributed by atoms with Crippen molar-refractivity contribution in [3.05, 3.63) is 48.5 Å². The Kier molecular flexibility index (Phi) is 4.48. The molecule has 5 nitrogen and oxygen atoms in total. The van der Waals surface area contributed by atoms with Gasteiger partial charge in [0.2, 0.25) is 5.91 Å². The third kappa shape index (κ3) is 3.08. The van der Waals surface area contributed by atoms with E-state index in [-0.39, 0.29) is 5.91 Å². The molecule has 25 heavy (non-hydrogen) atoms. The van der Waals surface area contributed by atoms with E-state index in [0.29, 0.717) is 22.9 Å². The van der Waals surface area contributed by atoms with Crippen LogP contribution in [0.5, 0.6) is 11.5 Å². The third-order valence-electron chi connectivity index (χ3n) is 4.06. The topological polar surface area (TPSA) is 73.6 Å². The van der Waals surface area contributed by atoms with E-state index in [0.717, 1.165) is 21.9 Å². The van der Waals surface area contributed by atoms with Gasteiger partial charge in [0, 0.05) is 35.5 Å². The van der Waals surface area contributed by atoms with Gasteiger partial charge in [0.1, 0.15) is 0 Å². The average Bonchev–Trinajstić information content (AvgIpc) is 2.61. The van der Waals surface area contributed by atoms with Gasteiger partial charge in [-0.05, 0) is 22.9 Å². The fourth-order valence-corrected chi connectivity index (χ4v) is 2.97. The SMILES string of the molecule is COc1cc(N)c(-c2c(NC(C)=O)ccc3ccccc23)cc1OC. The highest BCUT2D eigenvalue weighted by molar-refractivity contribution is 6.08. The van der Waals surface area contributed by atoms with Crippen LogP contribution in [0.1, 0.15) is 6.92 Å². The normalized spacial score (nSPS) is 10.5. The molecule has 0 spiro atoms. The van der Waals surface area contributed by atoms with Gasteiger partial charge >= 0.3 is 0 Å². The first kappa shape index (κ1) is 16.6. The lowest BCUT2D eigenvalue weighted by Crippen LogP contribution is -2.07. The lowest BCUT2D eigenvalue weighted by molar-refractivity contribution is -0.114. The molecular formula is C20H20N2O3. The molecule has 3 N–H and O–H groups in total. The summed E-state index contributed by atoms with van der Waals surface area (Å²) in [5.74, 6) is 0.994. The lowest BCUT2D eigenvalue weighted by atomic mass is 9.94. The molecule has 3 aromatic carbocycles. The number of hydrogen-bond acceptors (Lipinski definition) is 4. The Morgan fingerprint density at radius 1 is 1.00 bits per heavy atom. The van der Waals surface area contributed by atoms with Crippen molar-refractivity contribution in [2.24, 2.45) is 0 Å². The van der Waals surface area contributed by atoms with Gasteiger partial charge in [0.25, 0.3) is 0 Å². The minimum absolute atomic E-state index is 0.143. The number of hydrogen-bond donors (Lipinski definition) is 2. The molecule has 3 aromatic rings. The average molecular weight is 336 g/mol. The Hall–Kier alpha value is -3.21. The van der Waals surface area contributed by atoms with Crippen LogP contribution in [0.2, 0.25) is 0 Å². The second-order valence-corrected chi connectivity index (χ2v) is 5.68. The molecule has 0 aliphatic rings. The Morgan fingerprint density at radius 3 is 2.36 bits per heavy atom. The van der Waals surface area contributed by atoms with E-state index in [1.807, 2.05) is 42.5 Å². The molecular weight excluding hydrogens is 316 g/mol. The highest BCUT2D eigenvalue weighted by Crippen LogP contribution is 2.43. The monoisotopic (exact) mass is 336 g/mol. The number of rotatable bonds is 4. The largest absolute Gasteiger partial charge is 0.493 e. The summed E-state index contributed by atoms with van der Waals surface area (Å²) in [5.41, 5.74) is 9.17. The first-order valence-electron chi connectivity index (χ1n) is 7.86. The summed E-state index contributed by atoms with van der Waals surface area (Å²) in [5, 5.41) is 4.94. The van der Waals surface area contributed by atoms with Gasteiger partial charge in [0.05, 0.1) is 14.2 Å². The Morgan fingerprint density at radius 2 is 1.68 bits per heavy atom. The second kappa shape index (κ2) is 6.73. The van der Waals surface area contributed by atoms with Crippen LogP contribution in [0.25, 0.3) is 21.9 Å². The zero-order chi connectivity index (χ0) is 18.0. The maximum absolute atomic E-state index is 11.7. The molecule has 5 heteroatoms. The highest BCUT2D eigenvalue weighted by Gasteiger charge is 2.17. The number of benzene rings is 3. The maximum Gasteiger partial charge on any atom is 0.221 e. The van der Waals surface area contributed by atoms with Gasteiger partial charge in [0.15, 0.2) is 11.5 Å². The zero-order valence-electron chi connectivity index (χ0n) is 14.4. The quantitative estimate of drug-likeness (QED) is 0.705. The van der Waals surface area contributed by atoms with Crippen molar-refractivity contribution in [1.82, 2.24) is 0 Å². The van der Waals surface area contributed by atoms with E-state index in [9.17, 15) is 4.79 Å². The molecule has 0 fully saturated rings. The first-order valence-corrected chi connectivity index (χ1v) is 7.86. The van der Waals surface area contributed by atoms with Crippen LogP contribution in [-0.4, -0.2) is 20.1 Å². The summed E-state index contributed by atoms with van der Waals surface area (Å²) in [6.07, 6.45) is 0. The Bertz CT molecular complexity index is 951. The van der Waals surface area contributed by atoms with Gasteiger partial charge in [-0.2, -0.15) is 0 Å². The first-order chi connectivity index (χ1) is 12.0. The smallest absolute Gasteiger partial charge is 0.221 e. The van der Waals surface area contributed by atoms with Crippen molar-refractivity contribution in [3.8, 4) is 22.6 Å². The summed E-state index contributed by atoms with van der Waals surface area (Å²) in [7, 11) is 3.15. The van der Waals surface area contributed by atoms with Gasteiger partial charge in [-0.1, -0.05) is 30.3 Å². The second-order valence-electron chi connectivity index (χ2n) is 5.68. The molecule has 1 amide bonds. The minimum Gasteiger partial charge on any atom is -0.493 e. The predicted molar refractivity (Wildman–Crippen MR) is 101 cm³/mol. The summed E-state index contributed by atoms with van der Waals surface area (Å²) < 4.78 is 10.7. The number of methoxy groups -OCH3 is 2. The van der Waals surface area contributed by atoms with E-state index in [2.05, 4.69) is 5.32 Å². The van der Waals surface area contributed by atoms with Gasteiger partial charge in [-0.25, -0.2) is 0 Å². The van der Waals surface area contributed by atoms with Gasteiger partial charge in [-0.15, -0.1) is 0 Å². The molecule has 0 unspecified atom stereocenters. The lowest BCUT2D eigenvalue weighted by Gasteiger charge is -2.17. The van der Waals surface area contributed by atoms with Crippen molar-refractivity contribution < 1.29 is 14.3 Å². The summed E-state index contributed by atoms with van der Waals surface area (Å²) in [6.45, 7) is 1.48. The molecule has 0 radical (unpaired) electrons. The molecule has 0 heterocycles. The van der Waals surface area contributed by atoms with Crippen LogP contribution in [-0.2, 0) is 4.79 Å². The molecule has 128 valence electrons. The number of nitrogen functional groups attached to an aromatic ring is 1. The zero-order valence-corrected chi connectivity index (χ0v) is 14.4. The highest BCUT2D eigenvalue weighted by atomic mass is 16.5. The summed E-state index contributed by atoms with van der Waals surface area (Å²) in [6, 6.07) is 15.4. The number of anilines is 2. The molecule has 0 atom stereocenters. The molecule has 0 aliphatic heterocycles. The molecule has 0 saturated carbocycles. The van der Waals surface area contributed by atoms with Crippen LogP contribution in [0, 0.1) is 0 Å². The van der Waals surface area contributed by atoms with Crippen LogP contribution in [0.15, 0.2) is 48.5 Å². The molecule has 0 saturated heterocycles. The predicted octanol–water partition coefficient (Wildman–Crippen LogP) is 4.06. The Labute approximate surface area is 146 Å². The molecule has 3 rings (SSSR count). The fourth-order valence-electron chi connectivity index (χ4n) is 2.97. The van der Waals surface area contributed by atoms with E-state index >= 15 is 0 Å². The number of ether oxygens (including phenoxy) is 2. The van der Waals surface area contributed by atoms with Crippen molar-refractivity contribution in [2.45, 2.75) is 6.92 Å². The fraction of sp³-hybridized carbons (Fsp3) is 0.150. The van der Waals surface area contributed by atoms with Crippen LogP contribution < -0.4 is 20.5 Å². The summed E-state index contributed by atoms with van der Waals surface area (Å²) in [4.78, 5) is 11.7. The van der Waals surface area contributed by atoms with Gasteiger partial charge in [-0.3, -0.25) is 4.79 Å². The molecule has 0 bridgehead atoms. The maximum atomic E-state index is 11.7. The van der Waals surface area contributed by atoms with Crippen LogP contribution in [0.4, 0.5) is 11.4 Å². The van der Waals surface area contributed by atoms with Crippen LogP contribution in [0.3, 0.4) is 0 Å². The van der Waals surface area contributed by atoms with Crippen molar-refractivity contribution in [2.75, 3.05) is 25.3 Å². The molecule has 0 aliphatic carbocycles. The number of carbonyl (C=O) groups is 1. The standard InChI is InChI=1S/C20H20N2O3/c1-12(23)22-17-9-8-13-6-4-5-7-14(13)20(17)15-10-18(24-2)19(25-3)11-16(15)21/h4-11H,21H2,1-3H3,(H,22,23). The van der Waals surface area contributed by atoms with Crippen molar-refractivity contribution in [3.63, 3.8) is 0 Å².